The molecule has 1 aliphatic rings. The minimum absolute atomic E-state index is 0.293. The lowest BCUT2D eigenvalue weighted by molar-refractivity contribution is -0.138. The average Bonchev–Trinajstić information content (AvgIpc) is 2.31. The summed E-state index contributed by atoms with van der Waals surface area (Å²) in [5.74, 6) is -0.397. The molecule has 0 aliphatic heterocycles. The molecule has 0 aromatic heterocycles. The van der Waals surface area contributed by atoms with Crippen LogP contribution in [0.15, 0.2) is 11.3 Å². The van der Waals surface area contributed by atoms with E-state index in [0.717, 1.165) is 25.7 Å². The zero-order valence-electron chi connectivity index (χ0n) is 13.5. The van der Waals surface area contributed by atoms with Crippen molar-refractivity contribution in [2.75, 3.05) is 6.61 Å². The van der Waals surface area contributed by atoms with Crippen LogP contribution in [0.5, 0.6) is 0 Å². The Morgan fingerprint density at radius 1 is 1.14 bits per heavy atom. The van der Waals surface area contributed by atoms with E-state index in [1.807, 2.05) is 0 Å². The van der Waals surface area contributed by atoms with Crippen molar-refractivity contribution in [3.63, 3.8) is 0 Å². The molecule has 5 nitrogen and oxygen atoms in total. The van der Waals surface area contributed by atoms with E-state index in [2.05, 4.69) is 4.72 Å². The van der Waals surface area contributed by atoms with E-state index in [-0.39, 0.29) is 0 Å². The normalized spacial score (nSPS) is 21.3. The molecule has 0 heterocycles. The number of carbonyl (C=O) groups is 1. The number of nitrogens with one attached hydrogen (secondary N) is 1. The predicted molar refractivity (Wildman–Crippen MR) is 83.2 cm³/mol. The van der Waals surface area contributed by atoms with Gasteiger partial charge in [0.15, 0.2) is 0 Å². The van der Waals surface area contributed by atoms with E-state index in [4.69, 9.17) is 4.74 Å². The van der Waals surface area contributed by atoms with Crippen molar-refractivity contribution in [2.45, 2.75) is 71.0 Å². The number of ether oxygens (including phenoxy) is 1. The quantitative estimate of drug-likeness (QED) is 0.809. The minimum Gasteiger partial charge on any atom is -0.463 e. The highest BCUT2D eigenvalue weighted by Gasteiger charge is 2.31. The molecule has 122 valence electrons. The Hall–Kier alpha value is -1.04. The van der Waals surface area contributed by atoms with Crippen molar-refractivity contribution >= 4 is 16.0 Å². The number of esters is 1. The van der Waals surface area contributed by atoms with Gasteiger partial charge in [-0.3, -0.25) is 4.72 Å². The van der Waals surface area contributed by atoms with Crippen LogP contribution in [-0.4, -0.2) is 25.7 Å². The van der Waals surface area contributed by atoms with Gasteiger partial charge in [0, 0.05) is 5.70 Å². The van der Waals surface area contributed by atoms with Gasteiger partial charge in [-0.1, -0.05) is 12.8 Å². The molecule has 0 aromatic carbocycles. The third kappa shape index (κ3) is 5.02. The van der Waals surface area contributed by atoms with Crippen molar-refractivity contribution in [3.8, 4) is 0 Å². The Morgan fingerprint density at radius 2 is 1.71 bits per heavy atom. The van der Waals surface area contributed by atoms with E-state index in [0.29, 0.717) is 30.7 Å². The Balaban J connectivity index is 3.13. The molecule has 0 bridgehead atoms. The fourth-order valence-corrected chi connectivity index (χ4v) is 2.99. The zero-order valence-corrected chi connectivity index (χ0v) is 14.3. The summed E-state index contributed by atoms with van der Waals surface area (Å²) < 4.78 is 31.5. The summed E-state index contributed by atoms with van der Waals surface area (Å²) >= 11 is 0. The molecule has 0 spiro atoms. The van der Waals surface area contributed by atoms with Gasteiger partial charge in [0.1, 0.15) is 0 Å². The fraction of sp³-hybridized carbons (Fsp3) is 0.800. The summed E-state index contributed by atoms with van der Waals surface area (Å²) in [6, 6.07) is 0. The monoisotopic (exact) mass is 317 g/mol. The Labute approximate surface area is 128 Å². The maximum Gasteiger partial charge on any atom is 0.335 e. The number of rotatable bonds is 4. The summed E-state index contributed by atoms with van der Waals surface area (Å²) in [6.45, 7) is 6.97. The minimum atomic E-state index is -3.52. The maximum atomic E-state index is 12.3. The lowest BCUT2D eigenvalue weighted by Gasteiger charge is -2.24. The van der Waals surface area contributed by atoms with E-state index in [1.54, 1.807) is 27.7 Å². The van der Waals surface area contributed by atoms with Crippen LogP contribution in [0.2, 0.25) is 0 Å². The Bertz CT molecular complexity index is 500. The lowest BCUT2D eigenvalue weighted by atomic mass is 9.98. The molecule has 0 fully saturated rings. The van der Waals surface area contributed by atoms with Gasteiger partial charge in [0.25, 0.3) is 0 Å². The summed E-state index contributed by atoms with van der Waals surface area (Å²) in [6.07, 6.45) is 5.02. The molecule has 0 amide bonds. The highest BCUT2D eigenvalue weighted by molar-refractivity contribution is 7.90. The number of sulfonamides is 1. The Kier molecular flexibility index (Phi) is 6.25. The first kappa shape index (κ1) is 18.0. The van der Waals surface area contributed by atoms with E-state index < -0.39 is 20.7 Å². The van der Waals surface area contributed by atoms with Crippen LogP contribution in [0.25, 0.3) is 0 Å². The summed E-state index contributed by atoms with van der Waals surface area (Å²) in [5, 5.41) is 0. The molecule has 21 heavy (non-hydrogen) atoms. The fourth-order valence-electron chi connectivity index (χ4n) is 2.13. The number of hydrogen-bond acceptors (Lipinski definition) is 4. The van der Waals surface area contributed by atoms with Crippen molar-refractivity contribution in [3.05, 3.63) is 11.3 Å². The van der Waals surface area contributed by atoms with Crippen molar-refractivity contribution in [1.82, 2.24) is 4.72 Å². The molecule has 1 rings (SSSR count). The predicted octanol–water partition coefficient (Wildman–Crippen LogP) is 2.88. The topological polar surface area (TPSA) is 72.5 Å². The molecule has 0 saturated carbocycles. The van der Waals surface area contributed by atoms with Gasteiger partial charge in [0.05, 0.1) is 16.9 Å². The van der Waals surface area contributed by atoms with Crippen LogP contribution in [0, 0.1) is 0 Å². The van der Waals surface area contributed by atoms with Crippen molar-refractivity contribution in [1.29, 1.82) is 0 Å². The molecule has 0 aromatic rings. The smallest absolute Gasteiger partial charge is 0.335 e. The van der Waals surface area contributed by atoms with Crippen LogP contribution in [0.3, 0.4) is 0 Å². The average molecular weight is 317 g/mol. The van der Waals surface area contributed by atoms with Gasteiger partial charge in [-0.25, -0.2) is 13.2 Å². The first-order chi connectivity index (χ1) is 9.69. The molecule has 0 radical (unpaired) electrons. The van der Waals surface area contributed by atoms with Gasteiger partial charge in [-0.15, -0.1) is 0 Å². The van der Waals surface area contributed by atoms with Gasteiger partial charge < -0.3 is 4.74 Å². The SMILES string of the molecule is CCOC(=O)/C1=C(\NS(=O)(=O)C(C)(C)C)CCCCCC1. The van der Waals surface area contributed by atoms with Crippen LogP contribution in [-0.2, 0) is 19.6 Å². The maximum absolute atomic E-state index is 12.3. The van der Waals surface area contributed by atoms with Crippen LogP contribution >= 0.6 is 0 Å². The van der Waals surface area contributed by atoms with E-state index >= 15 is 0 Å². The number of allylic oxidation sites excluding steroid dienone is 1. The lowest BCUT2D eigenvalue weighted by Crippen LogP contribution is -2.39. The molecule has 6 heteroatoms. The van der Waals surface area contributed by atoms with Gasteiger partial charge >= 0.3 is 5.97 Å². The molecule has 0 saturated heterocycles. The van der Waals surface area contributed by atoms with Crippen molar-refractivity contribution < 1.29 is 17.9 Å². The largest absolute Gasteiger partial charge is 0.463 e. The first-order valence-corrected chi connectivity index (χ1v) is 9.09. The molecule has 0 atom stereocenters. The van der Waals surface area contributed by atoms with E-state index in [1.165, 1.54) is 0 Å². The van der Waals surface area contributed by atoms with Crippen LogP contribution < -0.4 is 4.72 Å². The summed E-state index contributed by atoms with van der Waals surface area (Å²) in [5.41, 5.74) is 1.01. The zero-order chi connectivity index (χ0) is 16.1. The second-order valence-corrected chi connectivity index (χ2v) is 8.75. The highest BCUT2D eigenvalue weighted by atomic mass is 32.2. The summed E-state index contributed by atoms with van der Waals surface area (Å²) in [7, 11) is -3.52. The third-order valence-corrected chi connectivity index (χ3v) is 5.68. The molecule has 0 unspecified atom stereocenters. The van der Waals surface area contributed by atoms with Gasteiger partial charge in [-0.05, 0) is 53.4 Å². The van der Waals surface area contributed by atoms with Crippen LogP contribution in [0.1, 0.15) is 66.2 Å². The van der Waals surface area contributed by atoms with Gasteiger partial charge in [-0.2, -0.15) is 0 Å². The summed E-state index contributed by atoms with van der Waals surface area (Å²) in [4.78, 5) is 12.1. The third-order valence-electron chi connectivity index (χ3n) is 3.55. The molecule has 1 N–H and O–H groups in total. The molecular formula is C15H27NO4S. The number of carbonyl (C=O) groups excluding carboxylic acids is 1. The second-order valence-electron chi connectivity index (χ2n) is 6.31. The highest BCUT2D eigenvalue weighted by Crippen LogP contribution is 2.25. The molecular weight excluding hydrogens is 290 g/mol. The standard InChI is InChI=1S/C15H27NO4S/c1-5-20-14(17)12-10-8-6-7-9-11-13(12)16-21(18,19)15(2,3)4/h16H,5-11H2,1-4H3/b13-12-. The van der Waals surface area contributed by atoms with Crippen LogP contribution in [0.4, 0.5) is 0 Å². The first-order valence-electron chi connectivity index (χ1n) is 7.60. The molecule has 1 aliphatic carbocycles. The number of hydrogen-bond donors (Lipinski definition) is 1. The Morgan fingerprint density at radius 3 is 2.24 bits per heavy atom. The van der Waals surface area contributed by atoms with Gasteiger partial charge in [0.2, 0.25) is 10.0 Å². The van der Waals surface area contributed by atoms with Crippen molar-refractivity contribution in [2.24, 2.45) is 0 Å². The second kappa shape index (κ2) is 7.29. The van der Waals surface area contributed by atoms with E-state index in [9.17, 15) is 13.2 Å².